The highest BCUT2D eigenvalue weighted by Gasteiger charge is 2.29. The van der Waals surface area contributed by atoms with E-state index in [2.05, 4.69) is 34.6 Å². The van der Waals surface area contributed by atoms with Crippen LogP contribution in [0.1, 0.15) is 121 Å². The van der Waals surface area contributed by atoms with Gasteiger partial charge in [-0.3, -0.25) is 9.59 Å². The second kappa shape index (κ2) is 14.3. The van der Waals surface area contributed by atoms with Crippen molar-refractivity contribution in [1.29, 1.82) is 0 Å². The Kier molecular flexibility index (Phi) is 12.5. The Labute approximate surface area is 189 Å². The zero-order valence-corrected chi connectivity index (χ0v) is 20.3. The molecule has 1 aromatic carbocycles. The number of benzene rings is 1. The van der Waals surface area contributed by atoms with Crippen molar-refractivity contribution in [2.75, 3.05) is 0 Å². The highest BCUT2D eigenvalue weighted by molar-refractivity contribution is 5.80. The van der Waals surface area contributed by atoms with E-state index in [4.69, 9.17) is 0 Å². The monoisotopic (exact) mass is 432 g/mol. The van der Waals surface area contributed by atoms with Crippen molar-refractivity contribution >= 4 is 11.9 Å². The molecule has 0 aliphatic rings. The summed E-state index contributed by atoms with van der Waals surface area (Å²) >= 11 is 0. The van der Waals surface area contributed by atoms with Crippen molar-refractivity contribution in [3.05, 3.63) is 34.9 Å². The Morgan fingerprint density at radius 2 is 1.26 bits per heavy atom. The number of hydrogen-bond acceptors (Lipinski definition) is 2. The first-order valence-electron chi connectivity index (χ1n) is 12.3. The van der Waals surface area contributed by atoms with Crippen LogP contribution in [0.5, 0.6) is 0 Å². The van der Waals surface area contributed by atoms with Crippen LogP contribution in [0.15, 0.2) is 18.2 Å². The summed E-state index contributed by atoms with van der Waals surface area (Å²) in [6.45, 7) is 10.6. The van der Waals surface area contributed by atoms with Crippen molar-refractivity contribution in [2.24, 2.45) is 11.8 Å². The molecule has 0 fully saturated rings. The summed E-state index contributed by atoms with van der Waals surface area (Å²) in [5.74, 6) is -2.21. The van der Waals surface area contributed by atoms with Crippen LogP contribution < -0.4 is 0 Å². The quantitative estimate of drug-likeness (QED) is 0.267. The molecular formula is C27H44O4. The Bertz CT molecular complexity index is 678. The molecule has 0 amide bonds. The van der Waals surface area contributed by atoms with Gasteiger partial charge in [0.15, 0.2) is 0 Å². The van der Waals surface area contributed by atoms with Crippen LogP contribution in [-0.2, 0) is 16.0 Å². The van der Waals surface area contributed by atoms with E-state index in [1.807, 2.05) is 18.2 Å². The van der Waals surface area contributed by atoms with E-state index in [9.17, 15) is 19.8 Å². The standard InChI is InChI=1S/C27H44O4/c1-6-7-8-9-10-11-21-14-17-22(23(26(28)29)15-12-19(2)3)25(18-21)24(27(30)31)16-13-20(4)5/h14,17-20,23-24H,6-13,15-16H2,1-5H3,(H,28,29)(H,30,31). The summed E-state index contributed by atoms with van der Waals surface area (Å²) in [7, 11) is 0. The molecule has 0 saturated carbocycles. The molecule has 1 rings (SSSR count). The van der Waals surface area contributed by atoms with Gasteiger partial charge < -0.3 is 10.2 Å². The fourth-order valence-corrected chi connectivity index (χ4v) is 4.16. The maximum Gasteiger partial charge on any atom is 0.310 e. The Morgan fingerprint density at radius 1 is 0.742 bits per heavy atom. The van der Waals surface area contributed by atoms with Gasteiger partial charge in [-0.1, -0.05) is 78.5 Å². The minimum absolute atomic E-state index is 0.406. The first-order valence-corrected chi connectivity index (χ1v) is 12.3. The molecule has 2 unspecified atom stereocenters. The summed E-state index contributed by atoms with van der Waals surface area (Å²) in [5.41, 5.74) is 2.54. The fourth-order valence-electron chi connectivity index (χ4n) is 4.16. The Balaban J connectivity index is 3.26. The summed E-state index contributed by atoms with van der Waals surface area (Å²) in [5, 5.41) is 20.0. The van der Waals surface area contributed by atoms with E-state index in [0.29, 0.717) is 30.2 Å². The molecule has 0 aromatic heterocycles. The number of aliphatic carboxylic acids is 2. The van der Waals surface area contributed by atoms with Crippen molar-refractivity contribution in [3.63, 3.8) is 0 Å². The number of carboxylic acids is 2. The van der Waals surface area contributed by atoms with Gasteiger partial charge in [0.1, 0.15) is 0 Å². The number of rotatable bonds is 16. The molecule has 0 heterocycles. The van der Waals surface area contributed by atoms with Crippen LogP contribution in [-0.4, -0.2) is 22.2 Å². The van der Waals surface area contributed by atoms with Gasteiger partial charge in [-0.15, -0.1) is 0 Å². The smallest absolute Gasteiger partial charge is 0.310 e. The molecular weight excluding hydrogens is 388 g/mol. The second-order valence-corrected chi connectivity index (χ2v) is 9.85. The molecule has 31 heavy (non-hydrogen) atoms. The lowest BCUT2D eigenvalue weighted by atomic mass is 9.80. The lowest BCUT2D eigenvalue weighted by Gasteiger charge is -2.23. The van der Waals surface area contributed by atoms with E-state index in [0.717, 1.165) is 36.8 Å². The van der Waals surface area contributed by atoms with Crippen molar-refractivity contribution in [3.8, 4) is 0 Å². The van der Waals surface area contributed by atoms with E-state index < -0.39 is 23.8 Å². The number of carboxylic acid groups (broad SMARTS) is 2. The fraction of sp³-hybridized carbons (Fsp3) is 0.704. The normalized spacial score (nSPS) is 13.5. The molecule has 0 aliphatic heterocycles. The average Bonchev–Trinajstić information content (AvgIpc) is 2.68. The van der Waals surface area contributed by atoms with Crippen molar-refractivity contribution in [1.82, 2.24) is 0 Å². The lowest BCUT2D eigenvalue weighted by Crippen LogP contribution is -2.20. The number of unbranched alkanes of at least 4 members (excludes halogenated alkanes) is 4. The summed E-state index contributed by atoms with van der Waals surface area (Å²) in [4.78, 5) is 24.4. The molecule has 4 heteroatoms. The number of carbonyl (C=O) groups is 2. The average molecular weight is 433 g/mol. The summed E-state index contributed by atoms with van der Waals surface area (Å²) in [6, 6.07) is 5.92. The maximum atomic E-state index is 12.2. The van der Waals surface area contributed by atoms with Gasteiger partial charge in [0.05, 0.1) is 11.8 Å². The summed E-state index contributed by atoms with van der Waals surface area (Å²) < 4.78 is 0. The molecule has 0 aliphatic carbocycles. The second-order valence-electron chi connectivity index (χ2n) is 9.85. The van der Waals surface area contributed by atoms with E-state index in [1.54, 1.807) is 0 Å². The van der Waals surface area contributed by atoms with Gasteiger partial charge in [0.2, 0.25) is 0 Å². The molecule has 2 atom stereocenters. The van der Waals surface area contributed by atoms with Crippen LogP contribution >= 0.6 is 0 Å². The third-order valence-corrected chi connectivity index (χ3v) is 6.13. The van der Waals surface area contributed by atoms with Gasteiger partial charge in [-0.05, 0) is 67.1 Å². The van der Waals surface area contributed by atoms with Gasteiger partial charge in [-0.25, -0.2) is 0 Å². The SMILES string of the molecule is CCCCCCCc1ccc(C(CCC(C)C)C(=O)O)c(C(CCC(C)C)C(=O)O)c1. The van der Waals surface area contributed by atoms with E-state index in [-0.39, 0.29) is 0 Å². The predicted octanol–water partition coefficient (Wildman–Crippen LogP) is 7.41. The third-order valence-electron chi connectivity index (χ3n) is 6.13. The van der Waals surface area contributed by atoms with E-state index in [1.165, 1.54) is 25.7 Å². The maximum absolute atomic E-state index is 12.2. The molecule has 0 saturated heterocycles. The molecule has 0 bridgehead atoms. The van der Waals surface area contributed by atoms with Crippen molar-refractivity contribution in [2.45, 2.75) is 111 Å². The highest BCUT2D eigenvalue weighted by atomic mass is 16.4. The highest BCUT2D eigenvalue weighted by Crippen LogP contribution is 2.35. The largest absolute Gasteiger partial charge is 0.481 e. The van der Waals surface area contributed by atoms with Crippen LogP contribution in [0.4, 0.5) is 0 Å². The zero-order valence-electron chi connectivity index (χ0n) is 20.3. The molecule has 0 spiro atoms. The molecule has 176 valence electrons. The Morgan fingerprint density at radius 3 is 1.74 bits per heavy atom. The predicted molar refractivity (Wildman–Crippen MR) is 128 cm³/mol. The van der Waals surface area contributed by atoms with Gasteiger partial charge in [0, 0.05) is 0 Å². The molecule has 2 N–H and O–H groups in total. The molecule has 4 nitrogen and oxygen atoms in total. The van der Waals surface area contributed by atoms with Crippen LogP contribution in [0.3, 0.4) is 0 Å². The topological polar surface area (TPSA) is 74.6 Å². The van der Waals surface area contributed by atoms with Crippen LogP contribution in [0.2, 0.25) is 0 Å². The lowest BCUT2D eigenvalue weighted by molar-refractivity contribution is -0.140. The van der Waals surface area contributed by atoms with Crippen LogP contribution in [0, 0.1) is 11.8 Å². The minimum Gasteiger partial charge on any atom is -0.481 e. The molecule has 1 aromatic rings. The van der Waals surface area contributed by atoms with Crippen molar-refractivity contribution < 1.29 is 19.8 Å². The minimum atomic E-state index is -0.859. The van der Waals surface area contributed by atoms with Gasteiger partial charge in [0.25, 0.3) is 0 Å². The summed E-state index contributed by atoms with van der Waals surface area (Å²) in [6.07, 6.45) is 9.54. The zero-order chi connectivity index (χ0) is 23.4. The van der Waals surface area contributed by atoms with Crippen LogP contribution in [0.25, 0.3) is 0 Å². The number of hydrogen-bond donors (Lipinski definition) is 2. The third kappa shape index (κ3) is 9.88. The van der Waals surface area contributed by atoms with Gasteiger partial charge in [-0.2, -0.15) is 0 Å². The van der Waals surface area contributed by atoms with Gasteiger partial charge >= 0.3 is 11.9 Å². The van der Waals surface area contributed by atoms with E-state index >= 15 is 0 Å². The first kappa shape index (κ1) is 27.2. The number of aryl methyl sites for hydroxylation is 1. The first-order chi connectivity index (χ1) is 14.7. The Hall–Kier alpha value is -1.84. The molecule has 0 radical (unpaired) electrons.